The Morgan fingerprint density at radius 2 is 1.81 bits per heavy atom. The third-order valence-electron chi connectivity index (χ3n) is 3.12. The van der Waals surface area contributed by atoms with Gasteiger partial charge in [0.15, 0.2) is 6.61 Å². The Labute approximate surface area is 152 Å². The van der Waals surface area contributed by atoms with Gasteiger partial charge in [-0.3, -0.25) is 14.9 Å². The van der Waals surface area contributed by atoms with Gasteiger partial charge >= 0.3 is 12.1 Å². The molecule has 0 aromatic heterocycles. The number of esters is 1. The molecule has 0 radical (unpaired) electrons. The maximum atomic E-state index is 12.2. The molecule has 0 aliphatic carbocycles. The van der Waals surface area contributed by atoms with Gasteiger partial charge in [-0.25, -0.2) is 17.9 Å². The van der Waals surface area contributed by atoms with E-state index in [1.54, 1.807) is 26.0 Å². The number of sulfonamides is 1. The summed E-state index contributed by atoms with van der Waals surface area (Å²) in [4.78, 5) is 34.0. The summed E-state index contributed by atoms with van der Waals surface area (Å²) in [5, 5.41) is 1.86. The van der Waals surface area contributed by atoms with Crippen molar-refractivity contribution < 1.29 is 32.3 Å². The van der Waals surface area contributed by atoms with Crippen LogP contribution in [0.3, 0.4) is 0 Å². The maximum absolute atomic E-state index is 12.2. The van der Waals surface area contributed by atoms with Crippen LogP contribution in [0.25, 0.3) is 0 Å². The van der Waals surface area contributed by atoms with E-state index >= 15 is 0 Å². The summed E-state index contributed by atoms with van der Waals surface area (Å²) >= 11 is 0. The van der Waals surface area contributed by atoms with E-state index in [9.17, 15) is 22.8 Å². The van der Waals surface area contributed by atoms with Crippen molar-refractivity contribution in [3.8, 4) is 0 Å². The van der Waals surface area contributed by atoms with Crippen molar-refractivity contribution in [2.24, 2.45) is 0 Å². The molecule has 0 atom stereocenters. The predicted molar refractivity (Wildman–Crippen MR) is 91.8 cm³/mol. The number of imide groups is 1. The van der Waals surface area contributed by atoms with Crippen LogP contribution in [-0.4, -0.2) is 46.1 Å². The minimum Gasteiger partial charge on any atom is -0.456 e. The van der Waals surface area contributed by atoms with Gasteiger partial charge < -0.3 is 9.47 Å². The second-order valence-electron chi connectivity index (χ2n) is 5.35. The zero-order valence-corrected chi connectivity index (χ0v) is 15.6. The van der Waals surface area contributed by atoms with Gasteiger partial charge in [-0.2, -0.15) is 0 Å². The molecule has 0 aliphatic heterocycles. The lowest BCUT2D eigenvalue weighted by Gasteiger charge is -2.10. The van der Waals surface area contributed by atoms with E-state index in [-0.39, 0.29) is 24.5 Å². The SMILES string of the molecule is CCOC(=O)NC(=O)COC(=O)CCNS(=O)(=O)c1ccc(C)cc1C. The average molecular weight is 386 g/mol. The van der Waals surface area contributed by atoms with Crippen molar-refractivity contribution >= 4 is 28.0 Å². The fourth-order valence-electron chi connectivity index (χ4n) is 2.00. The number of carbonyl (C=O) groups excluding carboxylic acids is 3. The van der Waals surface area contributed by atoms with Crippen LogP contribution in [0.15, 0.2) is 23.1 Å². The molecule has 0 unspecified atom stereocenters. The minimum absolute atomic E-state index is 0.0967. The second-order valence-corrected chi connectivity index (χ2v) is 7.08. The van der Waals surface area contributed by atoms with Crippen LogP contribution in [0.4, 0.5) is 4.79 Å². The standard InChI is InChI=1S/C16H22N2O7S/c1-4-24-16(21)18-14(19)10-25-15(20)7-8-17-26(22,23)13-6-5-11(2)9-12(13)3/h5-6,9,17H,4,7-8,10H2,1-3H3,(H,18,19,21). The Kier molecular flexibility index (Phi) is 8.20. The Bertz CT molecular complexity index is 775. The van der Waals surface area contributed by atoms with Crippen LogP contribution in [0.2, 0.25) is 0 Å². The molecule has 0 spiro atoms. The summed E-state index contributed by atoms with van der Waals surface area (Å²) in [5.74, 6) is -1.63. The summed E-state index contributed by atoms with van der Waals surface area (Å²) in [6, 6.07) is 4.91. The van der Waals surface area contributed by atoms with E-state index < -0.39 is 34.6 Å². The van der Waals surface area contributed by atoms with Crippen molar-refractivity contribution in [3.05, 3.63) is 29.3 Å². The first-order chi connectivity index (χ1) is 12.2. The maximum Gasteiger partial charge on any atom is 0.413 e. The van der Waals surface area contributed by atoms with E-state index in [4.69, 9.17) is 0 Å². The molecule has 2 N–H and O–H groups in total. The minimum atomic E-state index is -3.76. The Morgan fingerprint density at radius 1 is 1.12 bits per heavy atom. The van der Waals surface area contributed by atoms with Gasteiger partial charge in [-0.1, -0.05) is 17.7 Å². The molecule has 10 heteroatoms. The average Bonchev–Trinajstić information content (AvgIpc) is 2.52. The predicted octanol–water partition coefficient (Wildman–Crippen LogP) is 0.788. The quantitative estimate of drug-likeness (QED) is 0.632. The summed E-state index contributed by atoms with van der Waals surface area (Å²) in [7, 11) is -3.76. The molecule has 1 aromatic carbocycles. The first-order valence-electron chi connectivity index (χ1n) is 7.85. The number of ether oxygens (including phenoxy) is 2. The summed E-state index contributed by atoms with van der Waals surface area (Å²) in [6.45, 7) is 4.35. The fraction of sp³-hybridized carbons (Fsp3) is 0.438. The van der Waals surface area contributed by atoms with Crippen molar-refractivity contribution in [3.63, 3.8) is 0 Å². The van der Waals surface area contributed by atoms with E-state index in [0.29, 0.717) is 5.56 Å². The number of benzene rings is 1. The Balaban J connectivity index is 2.41. The van der Waals surface area contributed by atoms with Crippen molar-refractivity contribution in [2.45, 2.75) is 32.1 Å². The number of hydrogen-bond acceptors (Lipinski definition) is 7. The highest BCUT2D eigenvalue weighted by Gasteiger charge is 2.17. The van der Waals surface area contributed by atoms with E-state index in [1.165, 1.54) is 6.07 Å². The van der Waals surface area contributed by atoms with Crippen LogP contribution in [0.5, 0.6) is 0 Å². The number of rotatable bonds is 8. The van der Waals surface area contributed by atoms with Gasteiger partial charge in [-0.05, 0) is 32.4 Å². The normalized spacial score (nSPS) is 10.9. The number of nitrogens with one attached hydrogen (secondary N) is 2. The number of alkyl carbamates (subject to hydrolysis) is 1. The zero-order chi connectivity index (χ0) is 19.7. The van der Waals surface area contributed by atoms with Crippen molar-refractivity contribution in [2.75, 3.05) is 19.8 Å². The zero-order valence-electron chi connectivity index (χ0n) is 14.8. The molecule has 144 valence electrons. The molecule has 9 nitrogen and oxygen atoms in total. The van der Waals surface area contributed by atoms with Gasteiger partial charge in [0.05, 0.1) is 17.9 Å². The monoisotopic (exact) mass is 386 g/mol. The third kappa shape index (κ3) is 7.19. The third-order valence-corrected chi connectivity index (χ3v) is 4.74. The van der Waals surface area contributed by atoms with Gasteiger partial charge in [0, 0.05) is 6.54 Å². The number of amides is 2. The van der Waals surface area contributed by atoms with Crippen molar-refractivity contribution in [1.82, 2.24) is 10.0 Å². The molecule has 0 bridgehead atoms. The lowest BCUT2D eigenvalue weighted by atomic mass is 10.2. The van der Waals surface area contributed by atoms with Gasteiger partial charge in [0.1, 0.15) is 0 Å². The highest BCUT2D eigenvalue weighted by Crippen LogP contribution is 2.16. The van der Waals surface area contributed by atoms with Crippen LogP contribution in [0, 0.1) is 13.8 Å². The topological polar surface area (TPSA) is 128 Å². The lowest BCUT2D eigenvalue weighted by molar-refractivity contribution is -0.148. The molecule has 0 fully saturated rings. The van der Waals surface area contributed by atoms with Crippen LogP contribution < -0.4 is 10.0 Å². The molecule has 0 heterocycles. The highest BCUT2D eigenvalue weighted by atomic mass is 32.2. The smallest absolute Gasteiger partial charge is 0.413 e. The van der Waals surface area contributed by atoms with Crippen molar-refractivity contribution in [1.29, 1.82) is 0 Å². The van der Waals surface area contributed by atoms with E-state index in [0.717, 1.165) is 5.56 Å². The van der Waals surface area contributed by atoms with Gasteiger partial charge in [-0.15, -0.1) is 0 Å². The Morgan fingerprint density at radius 3 is 2.42 bits per heavy atom. The molecular weight excluding hydrogens is 364 g/mol. The number of carbonyl (C=O) groups is 3. The molecule has 0 saturated carbocycles. The van der Waals surface area contributed by atoms with Gasteiger partial charge in [0.25, 0.3) is 5.91 Å². The number of hydrogen-bond donors (Lipinski definition) is 2. The largest absolute Gasteiger partial charge is 0.456 e. The fourth-order valence-corrected chi connectivity index (χ4v) is 3.26. The van der Waals surface area contributed by atoms with Gasteiger partial charge in [0.2, 0.25) is 10.0 Å². The van der Waals surface area contributed by atoms with Crippen LogP contribution >= 0.6 is 0 Å². The van der Waals surface area contributed by atoms with E-state index in [1.807, 2.05) is 12.2 Å². The van der Waals surface area contributed by atoms with E-state index in [2.05, 4.69) is 14.2 Å². The summed E-state index contributed by atoms with van der Waals surface area (Å²) < 4.78 is 35.9. The summed E-state index contributed by atoms with van der Waals surface area (Å²) in [6.07, 6.45) is -1.20. The first-order valence-corrected chi connectivity index (χ1v) is 9.33. The molecule has 0 saturated heterocycles. The van der Waals surface area contributed by atoms with Crippen LogP contribution in [-0.2, 0) is 29.1 Å². The summed E-state index contributed by atoms with van der Waals surface area (Å²) in [5.41, 5.74) is 1.53. The van der Waals surface area contributed by atoms with Crippen LogP contribution in [0.1, 0.15) is 24.5 Å². The molecular formula is C16H22N2O7S. The number of aryl methyl sites for hydroxylation is 2. The molecule has 2 amide bonds. The molecule has 0 aliphatic rings. The first kappa shape index (κ1) is 21.6. The highest BCUT2D eigenvalue weighted by molar-refractivity contribution is 7.89. The Hall–Kier alpha value is -2.46. The molecule has 1 rings (SSSR count). The lowest BCUT2D eigenvalue weighted by Crippen LogP contribution is -2.35. The molecule has 1 aromatic rings. The molecule has 26 heavy (non-hydrogen) atoms. The second kappa shape index (κ2) is 9.88.